The van der Waals surface area contributed by atoms with Gasteiger partial charge in [-0.2, -0.15) is 5.10 Å². The van der Waals surface area contributed by atoms with Crippen LogP contribution in [0, 0.1) is 0 Å². The van der Waals surface area contributed by atoms with Gasteiger partial charge in [0.05, 0.1) is 26.0 Å². The Kier molecular flexibility index (Phi) is 8.42. The average Bonchev–Trinajstić information content (AvgIpc) is 2.63. The number of nitrogens with one attached hydrogen (secondary N) is 1. The predicted octanol–water partition coefficient (Wildman–Crippen LogP) is 2.10. The Morgan fingerprint density at radius 1 is 1.20 bits per heavy atom. The number of ether oxygens (including phenoxy) is 1. The van der Waals surface area contributed by atoms with E-state index in [1.165, 1.54) is 5.69 Å². The van der Waals surface area contributed by atoms with Crippen LogP contribution < -0.4 is 10.3 Å². The summed E-state index contributed by atoms with van der Waals surface area (Å²) in [5.41, 5.74) is 4.80. The lowest BCUT2D eigenvalue weighted by molar-refractivity contribution is -0.123. The first-order valence-corrected chi connectivity index (χ1v) is 9.20. The van der Waals surface area contributed by atoms with Crippen molar-refractivity contribution in [1.29, 1.82) is 0 Å². The predicted molar refractivity (Wildman–Crippen MR) is 102 cm³/mol. The number of carbonyl (C=O) groups is 1. The van der Waals surface area contributed by atoms with Crippen molar-refractivity contribution < 1.29 is 9.53 Å². The molecule has 138 valence electrons. The first kappa shape index (κ1) is 19.4. The lowest BCUT2D eigenvalue weighted by atomic mass is 10.2. The van der Waals surface area contributed by atoms with Gasteiger partial charge in [-0.3, -0.25) is 9.69 Å². The first-order chi connectivity index (χ1) is 12.2. The fourth-order valence-corrected chi connectivity index (χ4v) is 2.86. The molecule has 0 atom stereocenters. The molecule has 0 spiro atoms. The van der Waals surface area contributed by atoms with Crippen LogP contribution in [0.3, 0.4) is 0 Å². The molecule has 6 heteroatoms. The van der Waals surface area contributed by atoms with Gasteiger partial charge in [0.15, 0.2) is 0 Å². The minimum atomic E-state index is -0.0909. The molecule has 1 N–H and O–H groups in total. The first-order valence-electron chi connectivity index (χ1n) is 9.20. The number of anilines is 1. The zero-order valence-electron chi connectivity index (χ0n) is 15.4. The van der Waals surface area contributed by atoms with Crippen molar-refractivity contribution in [3.8, 4) is 0 Å². The number of hydrogen-bond donors (Lipinski definition) is 1. The number of nitrogens with zero attached hydrogens (tertiary/aromatic N) is 3. The van der Waals surface area contributed by atoms with Crippen LogP contribution in [0.4, 0.5) is 5.69 Å². The summed E-state index contributed by atoms with van der Waals surface area (Å²) < 4.78 is 5.27. The summed E-state index contributed by atoms with van der Waals surface area (Å²) in [6, 6.07) is 8.29. The smallest absolute Gasteiger partial charge is 0.254 e. The maximum Gasteiger partial charge on any atom is 0.254 e. The van der Waals surface area contributed by atoms with E-state index in [1.807, 2.05) is 12.1 Å². The molecule has 2 rings (SSSR count). The molecular weight excluding hydrogens is 316 g/mol. The monoisotopic (exact) mass is 346 g/mol. The normalized spacial score (nSPS) is 15.4. The zero-order chi connectivity index (χ0) is 17.9. The summed E-state index contributed by atoms with van der Waals surface area (Å²) in [5.74, 6) is -0.0909. The standard InChI is InChI=1S/C19H30N4O2/c1-3-9-23(10-4-2)18-7-5-17(6-8-18)15-20-21-19(24)16-22-11-13-25-14-12-22/h5-8,15H,3-4,9-14,16H2,1-2H3,(H,21,24)/b20-15-. The quantitative estimate of drug-likeness (QED) is 0.549. The van der Waals surface area contributed by atoms with Crippen molar-refractivity contribution in [2.75, 3.05) is 50.8 Å². The summed E-state index contributed by atoms with van der Waals surface area (Å²) in [7, 11) is 0. The second-order valence-electron chi connectivity index (χ2n) is 6.26. The highest BCUT2D eigenvalue weighted by Gasteiger charge is 2.13. The van der Waals surface area contributed by atoms with Crippen LogP contribution in [-0.4, -0.2) is 63.0 Å². The van der Waals surface area contributed by atoms with E-state index >= 15 is 0 Å². The highest BCUT2D eigenvalue weighted by molar-refractivity contribution is 5.83. The Morgan fingerprint density at radius 3 is 2.44 bits per heavy atom. The third-order valence-electron chi connectivity index (χ3n) is 4.12. The Hall–Kier alpha value is -1.92. The van der Waals surface area contributed by atoms with Gasteiger partial charge in [-0.25, -0.2) is 5.43 Å². The van der Waals surface area contributed by atoms with Crippen LogP contribution in [0.25, 0.3) is 0 Å². The van der Waals surface area contributed by atoms with Crippen molar-refractivity contribution in [2.45, 2.75) is 26.7 Å². The van der Waals surface area contributed by atoms with E-state index in [-0.39, 0.29) is 5.91 Å². The van der Waals surface area contributed by atoms with Crippen LogP contribution in [0.5, 0.6) is 0 Å². The van der Waals surface area contributed by atoms with Crippen LogP contribution >= 0.6 is 0 Å². The fraction of sp³-hybridized carbons (Fsp3) is 0.579. The molecule has 1 amide bonds. The van der Waals surface area contributed by atoms with Crippen LogP contribution in [0.1, 0.15) is 32.3 Å². The van der Waals surface area contributed by atoms with Crippen molar-refractivity contribution in [1.82, 2.24) is 10.3 Å². The van der Waals surface area contributed by atoms with E-state index < -0.39 is 0 Å². The summed E-state index contributed by atoms with van der Waals surface area (Å²) in [6.45, 7) is 9.87. The lowest BCUT2D eigenvalue weighted by Crippen LogP contribution is -2.42. The Balaban J connectivity index is 1.81. The van der Waals surface area contributed by atoms with Gasteiger partial charge in [0, 0.05) is 31.9 Å². The SMILES string of the molecule is CCCN(CCC)c1ccc(/C=N\NC(=O)CN2CCOCC2)cc1. The second kappa shape index (κ2) is 10.8. The number of amides is 1. The van der Waals surface area contributed by atoms with Gasteiger partial charge in [0.25, 0.3) is 5.91 Å². The molecule has 6 nitrogen and oxygen atoms in total. The molecule has 0 aromatic heterocycles. The minimum Gasteiger partial charge on any atom is -0.379 e. The molecule has 1 fully saturated rings. The highest BCUT2D eigenvalue weighted by atomic mass is 16.5. The average molecular weight is 346 g/mol. The Morgan fingerprint density at radius 2 is 1.84 bits per heavy atom. The minimum absolute atomic E-state index is 0.0909. The third-order valence-corrected chi connectivity index (χ3v) is 4.12. The summed E-state index contributed by atoms with van der Waals surface area (Å²) in [5, 5.41) is 4.06. The van der Waals surface area contributed by atoms with Crippen LogP contribution in [0.15, 0.2) is 29.4 Å². The third kappa shape index (κ3) is 6.84. The summed E-state index contributed by atoms with van der Waals surface area (Å²) in [6.07, 6.45) is 3.96. The van der Waals surface area contributed by atoms with E-state index in [4.69, 9.17) is 4.74 Å². The molecular formula is C19H30N4O2. The van der Waals surface area contributed by atoms with Gasteiger partial charge in [-0.1, -0.05) is 26.0 Å². The molecule has 0 radical (unpaired) electrons. The molecule has 1 saturated heterocycles. The molecule has 1 aliphatic heterocycles. The van der Waals surface area contributed by atoms with E-state index in [0.717, 1.165) is 44.6 Å². The molecule has 1 aliphatic rings. The van der Waals surface area contributed by atoms with Gasteiger partial charge in [-0.15, -0.1) is 0 Å². The highest BCUT2D eigenvalue weighted by Crippen LogP contribution is 2.15. The largest absolute Gasteiger partial charge is 0.379 e. The van der Waals surface area contributed by atoms with Gasteiger partial charge in [0.2, 0.25) is 0 Å². The molecule has 1 heterocycles. The van der Waals surface area contributed by atoms with Crippen molar-refractivity contribution in [3.05, 3.63) is 29.8 Å². The van der Waals surface area contributed by atoms with E-state index in [2.05, 4.69) is 46.3 Å². The number of benzene rings is 1. The summed E-state index contributed by atoms with van der Waals surface area (Å²) in [4.78, 5) is 16.3. The van der Waals surface area contributed by atoms with Gasteiger partial charge < -0.3 is 9.64 Å². The topological polar surface area (TPSA) is 57.2 Å². The van der Waals surface area contributed by atoms with Crippen molar-refractivity contribution >= 4 is 17.8 Å². The molecule has 1 aromatic carbocycles. The van der Waals surface area contributed by atoms with E-state index in [0.29, 0.717) is 19.8 Å². The summed E-state index contributed by atoms with van der Waals surface area (Å²) >= 11 is 0. The van der Waals surface area contributed by atoms with Gasteiger partial charge in [-0.05, 0) is 30.5 Å². The molecule has 25 heavy (non-hydrogen) atoms. The molecule has 0 aliphatic carbocycles. The van der Waals surface area contributed by atoms with Crippen LogP contribution in [0.2, 0.25) is 0 Å². The number of hydrogen-bond acceptors (Lipinski definition) is 5. The van der Waals surface area contributed by atoms with Gasteiger partial charge in [0.1, 0.15) is 0 Å². The zero-order valence-corrected chi connectivity index (χ0v) is 15.4. The number of hydrazone groups is 1. The number of carbonyl (C=O) groups excluding carboxylic acids is 1. The van der Waals surface area contributed by atoms with Gasteiger partial charge >= 0.3 is 0 Å². The fourth-order valence-electron chi connectivity index (χ4n) is 2.86. The lowest BCUT2D eigenvalue weighted by Gasteiger charge is -2.25. The second-order valence-corrected chi connectivity index (χ2v) is 6.26. The number of morpholine rings is 1. The van der Waals surface area contributed by atoms with E-state index in [9.17, 15) is 4.79 Å². The Labute approximate surface area is 150 Å². The van der Waals surface area contributed by atoms with Crippen molar-refractivity contribution in [2.24, 2.45) is 5.10 Å². The van der Waals surface area contributed by atoms with Crippen LogP contribution in [-0.2, 0) is 9.53 Å². The maximum absolute atomic E-state index is 11.9. The van der Waals surface area contributed by atoms with Crippen molar-refractivity contribution in [3.63, 3.8) is 0 Å². The van der Waals surface area contributed by atoms with E-state index in [1.54, 1.807) is 6.21 Å². The number of rotatable bonds is 9. The molecule has 0 unspecified atom stereocenters. The molecule has 0 saturated carbocycles. The Bertz CT molecular complexity index is 533. The molecule has 1 aromatic rings. The molecule has 0 bridgehead atoms. The maximum atomic E-state index is 11.9.